The van der Waals surface area contributed by atoms with E-state index in [0.717, 1.165) is 26.1 Å². The first-order valence-electron chi connectivity index (χ1n) is 3.48. The molecule has 1 atom stereocenters. The Morgan fingerprint density at radius 1 is 1.78 bits per heavy atom. The molecule has 0 unspecified atom stereocenters. The zero-order valence-electron chi connectivity index (χ0n) is 5.80. The van der Waals surface area contributed by atoms with Crippen LogP contribution in [0.25, 0.3) is 0 Å². The maximum atomic E-state index is 8.50. The minimum atomic E-state index is 0.310. The molecule has 0 N–H and O–H groups in total. The van der Waals surface area contributed by atoms with Crippen LogP contribution in [0.4, 0.5) is 0 Å². The smallest absolute Gasteiger partial charge is 0.0669 e. The number of nitriles is 1. The predicted molar refractivity (Wildman–Crippen MR) is 35.8 cm³/mol. The average molecular weight is 124 g/mol. The van der Waals surface area contributed by atoms with Crippen LogP contribution >= 0.6 is 0 Å². The van der Waals surface area contributed by atoms with Crippen molar-refractivity contribution < 1.29 is 0 Å². The van der Waals surface area contributed by atoms with Crippen LogP contribution in [0.3, 0.4) is 0 Å². The van der Waals surface area contributed by atoms with Crippen molar-refractivity contribution in [2.45, 2.75) is 13.3 Å². The molecule has 1 aliphatic heterocycles. The Morgan fingerprint density at radius 2 is 2.56 bits per heavy atom. The van der Waals surface area contributed by atoms with Crippen molar-refractivity contribution in [2.24, 2.45) is 5.92 Å². The number of hydrogen-bond acceptors (Lipinski definition) is 2. The number of nitrogens with zero attached hydrogens (tertiary/aromatic N) is 2. The molecule has 0 saturated carbocycles. The summed E-state index contributed by atoms with van der Waals surface area (Å²) in [6, 6.07) is 2.29. The van der Waals surface area contributed by atoms with Crippen molar-refractivity contribution in [1.82, 2.24) is 4.90 Å². The summed E-state index contributed by atoms with van der Waals surface area (Å²) in [6.45, 7) is 5.35. The molecule has 1 rings (SSSR count). The highest BCUT2D eigenvalue weighted by Crippen LogP contribution is 2.13. The first-order valence-corrected chi connectivity index (χ1v) is 3.48. The van der Waals surface area contributed by atoms with Gasteiger partial charge in [0.2, 0.25) is 0 Å². The van der Waals surface area contributed by atoms with Gasteiger partial charge in [-0.15, -0.1) is 0 Å². The fourth-order valence-corrected chi connectivity index (χ4v) is 1.23. The Bertz CT molecular complexity index is 125. The third-order valence-electron chi connectivity index (χ3n) is 1.90. The van der Waals surface area contributed by atoms with E-state index in [1.807, 2.05) is 0 Å². The maximum Gasteiger partial charge on any atom is 0.0669 e. The molecule has 0 aliphatic carbocycles. The molecule has 0 amide bonds. The summed E-state index contributed by atoms with van der Waals surface area (Å²) in [5.41, 5.74) is 0. The maximum absolute atomic E-state index is 8.50. The molecule has 1 aliphatic rings. The second-order valence-corrected chi connectivity index (χ2v) is 2.51. The first kappa shape index (κ1) is 6.57. The molecule has 1 heterocycles. The SMILES string of the molecule is CCN1CC[C@@H](C#N)C1. The molecule has 0 aromatic carbocycles. The van der Waals surface area contributed by atoms with Gasteiger partial charge in [-0.2, -0.15) is 5.26 Å². The lowest BCUT2D eigenvalue weighted by Crippen LogP contribution is -2.19. The summed E-state index contributed by atoms with van der Waals surface area (Å²) in [7, 11) is 0. The van der Waals surface area contributed by atoms with Gasteiger partial charge in [0.25, 0.3) is 0 Å². The minimum Gasteiger partial charge on any atom is -0.302 e. The molecule has 1 fully saturated rings. The molecule has 0 radical (unpaired) electrons. The summed E-state index contributed by atoms with van der Waals surface area (Å²) in [5, 5.41) is 8.50. The monoisotopic (exact) mass is 124 g/mol. The molecule has 0 spiro atoms. The average Bonchev–Trinajstić information content (AvgIpc) is 2.34. The zero-order valence-corrected chi connectivity index (χ0v) is 5.80. The highest BCUT2D eigenvalue weighted by molar-refractivity contribution is 4.89. The third-order valence-corrected chi connectivity index (χ3v) is 1.90. The van der Waals surface area contributed by atoms with Crippen LogP contribution in [-0.2, 0) is 0 Å². The number of rotatable bonds is 1. The van der Waals surface area contributed by atoms with E-state index < -0.39 is 0 Å². The Labute approximate surface area is 56.1 Å². The Morgan fingerprint density at radius 3 is 2.89 bits per heavy atom. The number of likely N-dealkylation sites (tertiary alicyclic amines) is 1. The van der Waals surface area contributed by atoms with Crippen molar-refractivity contribution in [3.63, 3.8) is 0 Å². The highest BCUT2D eigenvalue weighted by atomic mass is 15.1. The van der Waals surface area contributed by atoms with E-state index in [9.17, 15) is 0 Å². The fraction of sp³-hybridized carbons (Fsp3) is 0.857. The Balaban J connectivity index is 2.31. The van der Waals surface area contributed by atoms with Crippen molar-refractivity contribution in [2.75, 3.05) is 19.6 Å². The third kappa shape index (κ3) is 1.43. The molecular formula is C7H12N2. The van der Waals surface area contributed by atoms with E-state index in [4.69, 9.17) is 5.26 Å². The lowest BCUT2D eigenvalue weighted by Gasteiger charge is -2.09. The molecule has 1 saturated heterocycles. The normalized spacial score (nSPS) is 28.2. The van der Waals surface area contributed by atoms with Crippen LogP contribution < -0.4 is 0 Å². The van der Waals surface area contributed by atoms with Gasteiger partial charge < -0.3 is 4.90 Å². The van der Waals surface area contributed by atoms with Gasteiger partial charge in [0.1, 0.15) is 0 Å². The van der Waals surface area contributed by atoms with Gasteiger partial charge in [0.15, 0.2) is 0 Å². The summed E-state index contributed by atoms with van der Waals surface area (Å²) < 4.78 is 0. The fourth-order valence-electron chi connectivity index (χ4n) is 1.23. The molecule has 2 heteroatoms. The highest BCUT2D eigenvalue weighted by Gasteiger charge is 2.19. The molecule has 50 valence electrons. The van der Waals surface area contributed by atoms with E-state index in [-0.39, 0.29) is 0 Å². The van der Waals surface area contributed by atoms with Crippen LogP contribution in [0.15, 0.2) is 0 Å². The Kier molecular flexibility index (Phi) is 2.07. The van der Waals surface area contributed by atoms with Crippen molar-refractivity contribution in [1.29, 1.82) is 5.26 Å². The van der Waals surface area contributed by atoms with Gasteiger partial charge in [0, 0.05) is 6.54 Å². The molecule has 0 bridgehead atoms. The van der Waals surface area contributed by atoms with Crippen LogP contribution in [0.2, 0.25) is 0 Å². The van der Waals surface area contributed by atoms with Gasteiger partial charge in [-0.25, -0.2) is 0 Å². The van der Waals surface area contributed by atoms with E-state index in [1.165, 1.54) is 0 Å². The van der Waals surface area contributed by atoms with Crippen LogP contribution in [-0.4, -0.2) is 24.5 Å². The summed E-state index contributed by atoms with van der Waals surface area (Å²) in [4.78, 5) is 2.31. The number of hydrogen-bond donors (Lipinski definition) is 0. The second kappa shape index (κ2) is 2.84. The van der Waals surface area contributed by atoms with E-state index >= 15 is 0 Å². The van der Waals surface area contributed by atoms with E-state index in [1.54, 1.807) is 0 Å². The second-order valence-electron chi connectivity index (χ2n) is 2.51. The summed E-state index contributed by atoms with van der Waals surface area (Å²) >= 11 is 0. The molecule has 0 aromatic heterocycles. The van der Waals surface area contributed by atoms with E-state index in [2.05, 4.69) is 17.9 Å². The zero-order chi connectivity index (χ0) is 6.69. The van der Waals surface area contributed by atoms with E-state index in [0.29, 0.717) is 5.92 Å². The molecule has 9 heavy (non-hydrogen) atoms. The van der Waals surface area contributed by atoms with Gasteiger partial charge in [-0.1, -0.05) is 6.92 Å². The van der Waals surface area contributed by atoms with Gasteiger partial charge in [-0.3, -0.25) is 0 Å². The molecular weight excluding hydrogens is 112 g/mol. The van der Waals surface area contributed by atoms with Crippen molar-refractivity contribution in [3.05, 3.63) is 0 Å². The van der Waals surface area contributed by atoms with Crippen LogP contribution in [0, 0.1) is 17.2 Å². The predicted octanol–water partition coefficient (Wildman–Crippen LogP) is 0.852. The van der Waals surface area contributed by atoms with Crippen LogP contribution in [0.5, 0.6) is 0 Å². The van der Waals surface area contributed by atoms with Gasteiger partial charge in [-0.05, 0) is 19.5 Å². The summed E-state index contributed by atoms with van der Waals surface area (Å²) in [6.07, 6.45) is 1.07. The Hall–Kier alpha value is -0.550. The largest absolute Gasteiger partial charge is 0.302 e. The van der Waals surface area contributed by atoms with Crippen molar-refractivity contribution >= 4 is 0 Å². The molecule has 0 aromatic rings. The lowest BCUT2D eigenvalue weighted by atomic mass is 10.1. The van der Waals surface area contributed by atoms with Crippen LogP contribution in [0.1, 0.15) is 13.3 Å². The minimum absolute atomic E-state index is 0.310. The summed E-state index contributed by atoms with van der Waals surface area (Å²) in [5.74, 6) is 0.310. The molecule has 2 nitrogen and oxygen atoms in total. The topological polar surface area (TPSA) is 27.0 Å². The first-order chi connectivity index (χ1) is 4.36. The van der Waals surface area contributed by atoms with Gasteiger partial charge in [0.05, 0.1) is 12.0 Å². The standard InChI is InChI=1S/C7H12N2/c1-2-9-4-3-7(5-8)6-9/h7H,2-4,6H2,1H3/t7-/m0/s1. The van der Waals surface area contributed by atoms with Crippen molar-refractivity contribution in [3.8, 4) is 6.07 Å². The quantitative estimate of drug-likeness (QED) is 0.518. The lowest BCUT2D eigenvalue weighted by molar-refractivity contribution is 0.352. The van der Waals surface area contributed by atoms with Gasteiger partial charge >= 0.3 is 0 Å².